The maximum absolute atomic E-state index is 10.9. The van der Waals surface area contributed by atoms with Crippen molar-refractivity contribution in [2.45, 2.75) is 51.7 Å². The van der Waals surface area contributed by atoms with Crippen LogP contribution in [0.5, 0.6) is 5.75 Å². The first kappa shape index (κ1) is 15.7. The molecule has 1 N–H and O–H groups in total. The van der Waals surface area contributed by atoms with E-state index in [1.165, 1.54) is 25.3 Å². The number of piperidine rings is 1. The van der Waals surface area contributed by atoms with Crippen molar-refractivity contribution in [3.05, 3.63) is 33.9 Å². The Morgan fingerprint density at radius 2 is 2.05 bits per heavy atom. The van der Waals surface area contributed by atoms with Crippen LogP contribution in [0.2, 0.25) is 0 Å². The van der Waals surface area contributed by atoms with Crippen molar-refractivity contribution in [2.24, 2.45) is 0 Å². The highest BCUT2D eigenvalue weighted by Crippen LogP contribution is 2.25. The number of non-ortho nitro benzene ring substituents is 1. The minimum atomic E-state index is -0.380. The monoisotopic (exact) mass is 293 g/mol. The fourth-order valence-corrected chi connectivity index (χ4v) is 2.93. The number of nitrogens with zero attached hydrogens (tertiary/aromatic N) is 2. The molecule has 1 fully saturated rings. The van der Waals surface area contributed by atoms with E-state index >= 15 is 0 Å². The summed E-state index contributed by atoms with van der Waals surface area (Å²) in [6, 6.07) is 5.63. The number of benzene rings is 1. The van der Waals surface area contributed by atoms with Crippen LogP contribution >= 0.6 is 0 Å². The summed E-state index contributed by atoms with van der Waals surface area (Å²) in [6.07, 6.45) is 3.59. The number of ether oxygens (including phenoxy) is 1. The fraction of sp³-hybridized carbons (Fsp3) is 0.600. The van der Waals surface area contributed by atoms with Gasteiger partial charge in [0.15, 0.2) is 0 Å². The number of hydrogen-bond donors (Lipinski definition) is 1. The molecule has 0 spiro atoms. The third-order valence-electron chi connectivity index (χ3n) is 4.12. The Kier molecular flexibility index (Phi) is 5.14. The smallest absolute Gasteiger partial charge is 0.270 e. The SMILES string of the molecule is COc1ccc([N+](=O)[O-])cc1CNN1C(C)CCCC1C. The molecule has 0 saturated carbocycles. The maximum atomic E-state index is 10.9. The van der Waals surface area contributed by atoms with E-state index < -0.39 is 0 Å². The summed E-state index contributed by atoms with van der Waals surface area (Å²) < 4.78 is 5.29. The predicted octanol–water partition coefficient (Wildman–Crippen LogP) is 2.87. The molecule has 0 radical (unpaired) electrons. The Morgan fingerprint density at radius 3 is 2.62 bits per heavy atom. The van der Waals surface area contributed by atoms with Crippen LogP contribution in [-0.4, -0.2) is 29.1 Å². The first-order chi connectivity index (χ1) is 10.0. The van der Waals surface area contributed by atoms with Gasteiger partial charge in [-0.1, -0.05) is 6.42 Å². The number of nitro benzene ring substituents is 1. The summed E-state index contributed by atoms with van der Waals surface area (Å²) in [4.78, 5) is 10.5. The average Bonchev–Trinajstić information content (AvgIpc) is 2.46. The molecule has 1 heterocycles. The molecule has 1 aliphatic rings. The molecule has 0 bridgehead atoms. The minimum absolute atomic E-state index is 0.0901. The Hall–Kier alpha value is -1.66. The summed E-state index contributed by atoms with van der Waals surface area (Å²) in [5, 5.41) is 13.1. The fourth-order valence-electron chi connectivity index (χ4n) is 2.93. The van der Waals surface area contributed by atoms with Gasteiger partial charge in [-0.05, 0) is 32.8 Å². The molecule has 1 aromatic rings. The van der Waals surface area contributed by atoms with Crippen molar-refractivity contribution in [1.82, 2.24) is 10.4 Å². The van der Waals surface area contributed by atoms with Crippen molar-refractivity contribution in [1.29, 1.82) is 0 Å². The summed E-state index contributed by atoms with van der Waals surface area (Å²) in [6.45, 7) is 4.93. The summed E-state index contributed by atoms with van der Waals surface area (Å²) in [5.74, 6) is 0.672. The average molecular weight is 293 g/mol. The van der Waals surface area contributed by atoms with E-state index in [4.69, 9.17) is 4.74 Å². The summed E-state index contributed by atoms with van der Waals surface area (Å²) in [5.41, 5.74) is 4.30. The van der Waals surface area contributed by atoms with Gasteiger partial charge in [0.1, 0.15) is 5.75 Å². The number of hydrazine groups is 1. The zero-order chi connectivity index (χ0) is 15.4. The normalized spacial score (nSPS) is 23.0. The van der Waals surface area contributed by atoms with Crippen molar-refractivity contribution >= 4 is 5.69 Å². The highest BCUT2D eigenvalue weighted by atomic mass is 16.6. The van der Waals surface area contributed by atoms with Gasteiger partial charge < -0.3 is 4.74 Å². The standard InChI is InChI=1S/C15H23N3O3/c1-11-5-4-6-12(2)17(11)16-10-13-9-14(18(19)20)7-8-15(13)21-3/h7-9,11-12,16H,4-6,10H2,1-3H3. The lowest BCUT2D eigenvalue weighted by Gasteiger charge is -2.39. The quantitative estimate of drug-likeness (QED) is 0.668. The number of nitro groups is 1. The molecule has 116 valence electrons. The Balaban J connectivity index is 2.10. The molecular weight excluding hydrogens is 270 g/mol. The maximum Gasteiger partial charge on any atom is 0.270 e. The van der Waals surface area contributed by atoms with Crippen LogP contribution in [0.25, 0.3) is 0 Å². The van der Waals surface area contributed by atoms with Crippen molar-refractivity contribution in [2.75, 3.05) is 7.11 Å². The van der Waals surface area contributed by atoms with Crippen LogP contribution < -0.4 is 10.2 Å². The molecule has 2 rings (SSSR count). The van der Waals surface area contributed by atoms with Crippen molar-refractivity contribution < 1.29 is 9.66 Å². The van der Waals surface area contributed by atoms with E-state index in [1.54, 1.807) is 19.2 Å². The highest BCUT2D eigenvalue weighted by molar-refractivity contribution is 5.43. The molecule has 2 atom stereocenters. The molecule has 1 saturated heterocycles. The molecule has 0 aromatic heterocycles. The van der Waals surface area contributed by atoms with Crippen LogP contribution in [0.3, 0.4) is 0 Å². The van der Waals surface area contributed by atoms with Gasteiger partial charge in [-0.2, -0.15) is 0 Å². The lowest BCUT2D eigenvalue weighted by atomic mass is 10.00. The minimum Gasteiger partial charge on any atom is -0.496 e. The zero-order valence-corrected chi connectivity index (χ0v) is 12.8. The van der Waals surface area contributed by atoms with E-state index in [-0.39, 0.29) is 10.6 Å². The third-order valence-corrected chi connectivity index (χ3v) is 4.12. The molecule has 0 aliphatic carbocycles. The third kappa shape index (κ3) is 3.71. The first-order valence-corrected chi connectivity index (χ1v) is 7.36. The topological polar surface area (TPSA) is 67.6 Å². The molecule has 6 heteroatoms. The molecule has 21 heavy (non-hydrogen) atoms. The van der Waals surface area contributed by atoms with E-state index in [2.05, 4.69) is 24.3 Å². The number of nitrogens with one attached hydrogen (secondary N) is 1. The number of hydrogen-bond acceptors (Lipinski definition) is 5. The van der Waals surface area contributed by atoms with Crippen LogP contribution in [0.15, 0.2) is 18.2 Å². The summed E-state index contributed by atoms with van der Waals surface area (Å²) >= 11 is 0. The van der Waals surface area contributed by atoms with Crippen LogP contribution in [-0.2, 0) is 6.54 Å². The highest BCUT2D eigenvalue weighted by Gasteiger charge is 2.24. The lowest BCUT2D eigenvalue weighted by molar-refractivity contribution is -0.384. The zero-order valence-electron chi connectivity index (χ0n) is 12.8. The molecule has 1 aliphatic heterocycles. The molecule has 0 amide bonds. The van der Waals surface area contributed by atoms with Crippen LogP contribution in [0, 0.1) is 10.1 Å². The van der Waals surface area contributed by atoms with Crippen LogP contribution in [0.1, 0.15) is 38.7 Å². The van der Waals surface area contributed by atoms with Gasteiger partial charge in [0, 0.05) is 36.3 Å². The van der Waals surface area contributed by atoms with Gasteiger partial charge in [0.2, 0.25) is 0 Å². The van der Waals surface area contributed by atoms with Crippen molar-refractivity contribution in [3.8, 4) is 5.75 Å². The van der Waals surface area contributed by atoms with Crippen LogP contribution in [0.4, 0.5) is 5.69 Å². The van der Waals surface area contributed by atoms with Gasteiger partial charge in [-0.3, -0.25) is 15.5 Å². The van der Waals surface area contributed by atoms with Gasteiger partial charge in [-0.15, -0.1) is 0 Å². The summed E-state index contributed by atoms with van der Waals surface area (Å²) in [7, 11) is 1.58. The molecule has 2 unspecified atom stereocenters. The molecule has 6 nitrogen and oxygen atoms in total. The Bertz CT molecular complexity index is 497. The van der Waals surface area contributed by atoms with Gasteiger partial charge in [0.05, 0.1) is 12.0 Å². The first-order valence-electron chi connectivity index (χ1n) is 7.36. The van der Waals surface area contributed by atoms with Gasteiger partial charge in [0.25, 0.3) is 5.69 Å². The van der Waals surface area contributed by atoms with Gasteiger partial charge in [-0.25, -0.2) is 5.01 Å². The molecule has 1 aromatic carbocycles. The van der Waals surface area contributed by atoms with E-state index in [0.717, 1.165) is 5.56 Å². The van der Waals surface area contributed by atoms with Gasteiger partial charge >= 0.3 is 0 Å². The second kappa shape index (κ2) is 6.87. The Morgan fingerprint density at radius 1 is 1.38 bits per heavy atom. The van der Waals surface area contributed by atoms with Crippen molar-refractivity contribution in [3.63, 3.8) is 0 Å². The van der Waals surface area contributed by atoms with E-state index in [9.17, 15) is 10.1 Å². The number of rotatable bonds is 5. The second-order valence-corrected chi connectivity index (χ2v) is 5.62. The lowest BCUT2D eigenvalue weighted by Crippen LogP contribution is -2.51. The largest absolute Gasteiger partial charge is 0.496 e. The second-order valence-electron chi connectivity index (χ2n) is 5.62. The van der Waals surface area contributed by atoms with E-state index in [1.807, 2.05) is 0 Å². The molecular formula is C15H23N3O3. The predicted molar refractivity (Wildman–Crippen MR) is 81.1 cm³/mol. The Labute approximate surface area is 125 Å². The van der Waals surface area contributed by atoms with E-state index in [0.29, 0.717) is 24.4 Å². The number of methoxy groups -OCH3 is 1.